The molecule has 184 valence electrons. The Hall–Kier alpha value is -2.41. The summed E-state index contributed by atoms with van der Waals surface area (Å²) in [7, 11) is -3.39. The fraction of sp³-hybridized carbons (Fsp3) is 0.650. The van der Waals surface area contributed by atoms with Crippen molar-refractivity contribution in [2.75, 3.05) is 49.9 Å². The van der Waals surface area contributed by atoms with Gasteiger partial charge in [0.15, 0.2) is 0 Å². The number of hydrogen-bond donors (Lipinski definition) is 0. The molecule has 2 aliphatic rings. The molecule has 3 rings (SSSR count). The Morgan fingerprint density at radius 2 is 1.85 bits per heavy atom. The molecule has 1 aromatic carbocycles. The Labute approximate surface area is 190 Å². The summed E-state index contributed by atoms with van der Waals surface area (Å²) in [6, 6.07) is 2.43. The van der Waals surface area contributed by atoms with Gasteiger partial charge < -0.3 is 9.80 Å². The molecule has 1 atom stereocenters. The molecule has 9 nitrogen and oxygen atoms in total. The summed E-state index contributed by atoms with van der Waals surface area (Å²) in [5.41, 5.74) is -1.64. The summed E-state index contributed by atoms with van der Waals surface area (Å²) in [6.45, 7) is 3.27. The second-order valence-electron chi connectivity index (χ2n) is 8.28. The van der Waals surface area contributed by atoms with Gasteiger partial charge in [0.2, 0.25) is 15.9 Å². The first-order valence-corrected chi connectivity index (χ1v) is 12.4. The molecule has 0 bridgehead atoms. The molecule has 0 spiro atoms. The molecular formula is C20H27F3N4O5S. The summed E-state index contributed by atoms with van der Waals surface area (Å²) in [5, 5.41) is 11.4. The van der Waals surface area contributed by atoms with E-state index < -0.39 is 38.3 Å². The molecular weight excluding hydrogens is 465 g/mol. The quantitative estimate of drug-likeness (QED) is 0.447. The number of carbonyl (C=O) groups excluding carboxylic acids is 1. The van der Waals surface area contributed by atoms with Crippen molar-refractivity contribution in [2.24, 2.45) is 5.92 Å². The van der Waals surface area contributed by atoms with Crippen LogP contribution in [0.1, 0.15) is 31.7 Å². The van der Waals surface area contributed by atoms with Crippen molar-refractivity contribution in [3.63, 3.8) is 0 Å². The fourth-order valence-corrected chi connectivity index (χ4v) is 5.91. The average molecular weight is 493 g/mol. The molecule has 1 amide bonds. The van der Waals surface area contributed by atoms with E-state index in [9.17, 15) is 36.5 Å². The molecule has 2 fully saturated rings. The Bertz CT molecular complexity index is 994. The van der Waals surface area contributed by atoms with Crippen LogP contribution in [0.25, 0.3) is 0 Å². The van der Waals surface area contributed by atoms with Gasteiger partial charge in [0.25, 0.3) is 5.69 Å². The zero-order valence-corrected chi connectivity index (χ0v) is 19.1. The van der Waals surface area contributed by atoms with Gasteiger partial charge >= 0.3 is 6.18 Å². The highest BCUT2D eigenvalue weighted by atomic mass is 32.2. The third-order valence-corrected chi connectivity index (χ3v) is 8.06. The number of rotatable bonds is 6. The number of piperazine rings is 1. The number of nitro benzene ring substituents is 1. The fourth-order valence-electron chi connectivity index (χ4n) is 4.32. The third kappa shape index (κ3) is 5.75. The molecule has 0 aliphatic carbocycles. The maximum Gasteiger partial charge on any atom is 0.416 e. The number of anilines is 1. The number of hydrogen-bond acceptors (Lipinski definition) is 6. The van der Waals surface area contributed by atoms with Gasteiger partial charge in [-0.05, 0) is 31.4 Å². The van der Waals surface area contributed by atoms with Crippen LogP contribution in [0.2, 0.25) is 0 Å². The maximum absolute atomic E-state index is 13.0. The van der Waals surface area contributed by atoms with Crippen LogP contribution >= 0.6 is 0 Å². The second-order valence-corrected chi connectivity index (χ2v) is 10.4. The largest absolute Gasteiger partial charge is 0.416 e. The lowest BCUT2D eigenvalue weighted by Gasteiger charge is -2.39. The molecule has 33 heavy (non-hydrogen) atoms. The van der Waals surface area contributed by atoms with Crippen LogP contribution in [0.3, 0.4) is 0 Å². The zero-order chi connectivity index (χ0) is 24.4. The van der Waals surface area contributed by atoms with E-state index in [4.69, 9.17) is 0 Å². The lowest BCUT2D eigenvalue weighted by molar-refractivity contribution is -0.384. The molecule has 1 aromatic rings. The van der Waals surface area contributed by atoms with Crippen molar-refractivity contribution >= 4 is 27.3 Å². The summed E-state index contributed by atoms with van der Waals surface area (Å²) in [4.78, 5) is 26.7. The molecule has 1 unspecified atom stereocenters. The topological polar surface area (TPSA) is 104 Å². The summed E-state index contributed by atoms with van der Waals surface area (Å²) >= 11 is 0. The maximum atomic E-state index is 13.0. The molecule has 0 saturated carbocycles. The lowest BCUT2D eigenvalue weighted by Crippen LogP contribution is -2.53. The van der Waals surface area contributed by atoms with E-state index >= 15 is 0 Å². The SMILES string of the molecule is CCCS(=O)(=O)N1CCCC(C(=O)N2CCN(c3ccc(C(F)(F)F)cc3[N+](=O)[O-])CC2)C1. The average Bonchev–Trinajstić information content (AvgIpc) is 2.77. The van der Waals surface area contributed by atoms with Crippen LogP contribution in [-0.2, 0) is 21.0 Å². The Balaban J connectivity index is 1.66. The van der Waals surface area contributed by atoms with Crippen LogP contribution in [0.5, 0.6) is 0 Å². The van der Waals surface area contributed by atoms with Gasteiger partial charge in [-0.2, -0.15) is 13.2 Å². The summed E-state index contributed by atoms with van der Waals surface area (Å²) in [6.07, 6.45) is -3.01. The zero-order valence-electron chi connectivity index (χ0n) is 18.3. The van der Waals surface area contributed by atoms with E-state index in [1.165, 1.54) is 4.31 Å². The van der Waals surface area contributed by atoms with Gasteiger partial charge in [0.1, 0.15) is 5.69 Å². The predicted octanol–water partition coefficient (Wildman–Crippen LogP) is 2.71. The molecule has 0 N–H and O–H groups in total. The van der Waals surface area contributed by atoms with Crippen LogP contribution in [-0.4, -0.2) is 73.5 Å². The number of carbonyl (C=O) groups is 1. The Morgan fingerprint density at radius 1 is 1.18 bits per heavy atom. The highest BCUT2D eigenvalue weighted by molar-refractivity contribution is 7.89. The van der Waals surface area contributed by atoms with Gasteiger partial charge in [-0.25, -0.2) is 12.7 Å². The minimum absolute atomic E-state index is 0.0402. The first-order valence-electron chi connectivity index (χ1n) is 10.8. The lowest BCUT2D eigenvalue weighted by atomic mass is 9.97. The predicted molar refractivity (Wildman–Crippen MR) is 115 cm³/mol. The summed E-state index contributed by atoms with van der Waals surface area (Å²) < 4.78 is 65.0. The first kappa shape index (κ1) is 25.2. The number of alkyl halides is 3. The van der Waals surface area contributed by atoms with Crippen molar-refractivity contribution < 1.29 is 31.3 Å². The highest BCUT2D eigenvalue weighted by Gasteiger charge is 2.37. The monoisotopic (exact) mass is 492 g/mol. The van der Waals surface area contributed by atoms with Gasteiger partial charge in [-0.15, -0.1) is 0 Å². The number of nitro groups is 1. The van der Waals surface area contributed by atoms with Crippen molar-refractivity contribution in [1.82, 2.24) is 9.21 Å². The molecule has 0 radical (unpaired) electrons. The van der Waals surface area contributed by atoms with Crippen LogP contribution < -0.4 is 4.90 Å². The standard InChI is InChI=1S/C20H27F3N4O5S/c1-2-12-33(31,32)26-7-3-4-15(14-26)19(28)25-10-8-24(9-11-25)17-6-5-16(20(21,22)23)13-18(17)27(29)30/h5-6,13,15H,2-4,7-12,14H2,1H3. The van der Waals surface area contributed by atoms with Crippen molar-refractivity contribution in [3.05, 3.63) is 33.9 Å². The molecule has 0 aromatic heterocycles. The number of benzene rings is 1. The Kier molecular flexibility index (Phi) is 7.52. The Morgan fingerprint density at radius 3 is 2.42 bits per heavy atom. The minimum atomic E-state index is -4.69. The van der Waals surface area contributed by atoms with Crippen LogP contribution in [0, 0.1) is 16.0 Å². The number of halogens is 3. The molecule has 2 saturated heterocycles. The van der Waals surface area contributed by atoms with Gasteiger partial charge in [0, 0.05) is 45.3 Å². The third-order valence-electron chi connectivity index (χ3n) is 6.02. The first-order chi connectivity index (χ1) is 15.4. The van der Waals surface area contributed by atoms with E-state index in [0.29, 0.717) is 31.9 Å². The van der Waals surface area contributed by atoms with E-state index in [1.54, 1.807) is 16.7 Å². The van der Waals surface area contributed by atoms with Crippen LogP contribution in [0.15, 0.2) is 18.2 Å². The van der Waals surface area contributed by atoms with E-state index in [0.717, 1.165) is 12.1 Å². The van der Waals surface area contributed by atoms with E-state index in [1.807, 2.05) is 0 Å². The number of piperidine rings is 1. The van der Waals surface area contributed by atoms with Crippen molar-refractivity contribution in [1.29, 1.82) is 0 Å². The number of nitrogens with zero attached hydrogens (tertiary/aromatic N) is 4. The van der Waals surface area contributed by atoms with Gasteiger partial charge in [-0.1, -0.05) is 6.92 Å². The van der Waals surface area contributed by atoms with E-state index in [2.05, 4.69) is 0 Å². The molecule has 13 heteroatoms. The minimum Gasteiger partial charge on any atom is -0.362 e. The highest BCUT2D eigenvalue weighted by Crippen LogP contribution is 2.37. The number of amides is 1. The van der Waals surface area contributed by atoms with Gasteiger partial charge in [0.05, 0.1) is 22.2 Å². The van der Waals surface area contributed by atoms with Gasteiger partial charge in [-0.3, -0.25) is 14.9 Å². The smallest absolute Gasteiger partial charge is 0.362 e. The van der Waals surface area contributed by atoms with Crippen molar-refractivity contribution in [3.8, 4) is 0 Å². The second kappa shape index (κ2) is 9.84. The summed E-state index contributed by atoms with van der Waals surface area (Å²) in [5.74, 6) is -0.566. The van der Waals surface area contributed by atoms with Crippen molar-refractivity contribution in [2.45, 2.75) is 32.4 Å². The number of sulfonamides is 1. The van der Waals surface area contributed by atoms with E-state index in [-0.39, 0.29) is 50.1 Å². The normalized spacial score (nSPS) is 20.7. The molecule has 2 aliphatic heterocycles. The van der Waals surface area contributed by atoms with Crippen LogP contribution in [0.4, 0.5) is 24.5 Å². The molecule has 2 heterocycles.